The number of thioether (sulfide) groups is 1. The van der Waals surface area contributed by atoms with Crippen molar-refractivity contribution in [1.29, 1.82) is 0 Å². The Morgan fingerprint density at radius 2 is 1.82 bits per heavy atom. The van der Waals surface area contributed by atoms with Gasteiger partial charge in [0.2, 0.25) is 5.91 Å². The van der Waals surface area contributed by atoms with Crippen LogP contribution in [0.5, 0.6) is 5.75 Å². The zero-order valence-corrected chi connectivity index (χ0v) is 20.2. The summed E-state index contributed by atoms with van der Waals surface area (Å²) in [6, 6.07) is 12.4. The van der Waals surface area contributed by atoms with Crippen molar-refractivity contribution in [2.45, 2.75) is 57.6 Å². The Morgan fingerprint density at radius 1 is 1.12 bits per heavy atom. The number of nitrogens with one attached hydrogen (secondary N) is 1. The van der Waals surface area contributed by atoms with Gasteiger partial charge in [-0.1, -0.05) is 43.8 Å². The molecule has 1 unspecified atom stereocenters. The zero-order valence-electron chi connectivity index (χ0n) is 19.4. The number of halogens is 3. The Kier molecular flexibility index (Phi) is 8.24. The Hall–Kier alpha value is -3.01. The fourth-order valence-electron chi connectivity index (χ4n) is 3.29. The molecule has 1 heterocycles. The van der Waals surface area contributed by atoms with Gasteiger partial charge in [-0.25, -0.2) is 0 Å². The van der Waals surface area contributed by atoms with E-state index in [2.05, 4.69) is 29.4 Å². The third-order valence-electron chi connectivity index (χ3n) is 5.09. The van der Waals surface area contributed by atoms with E-state index in [1.54, 1.807) is 0 Å². The quantitative estimate of drug-likeness (QED) is 0.355. The van der Waals surface area contributed by atoms with Crippen LogP contribution in [0.3, 0.4) is 0 Å². The fourth-order valence-corrected chi connectivity index (χ4v) is 4.10. The number of anilines is 1. The van der Waals surface area contributed by atoms with E-state index >= 15 is 0 Å². The summed E-state index contributed by atoms with van der Waals surface area (Å²) in [5.74, 6) is 1.31. The van der Waals surface area contributed by atoms with Crippen LogP contribution >= 0.6 is 11.8 Å². The summed E-state index contributed by atoms with van der Waals surface area (Å²) in [5.41, 5.74) is 0.489. The predicted molar refractivity (Wildman–Crippen MR) is 126 cm³/mol. The molecule has 3 rings (SSSR count). The zero-order chi connectivity index (χ0) is 24.9. The largest absolute Gasteiger partial charge is 0.483 e. The second-order valence-corrected chi connectivity index (χ2v) is 8.93. The van der Waals surface area contributed by atoms with Gasteiger partial charge >= 0.3 is 6.18 Å². The molecule has 34 heavy (non-hydrogen) atoms. The number of benzene rings is 2. The van der Waals surface area contributed by atoms with Crippen LogP contribution in [0.1, 0.15) is 56.7 Å². The first-order valence-corrected chi connectivity index (χ1v) is 11.9. The van der Waals surface area contributed by atoms with Gasteiger partial charge in [0.05, 0.1) is 11.3 Å². The van der Waals surface area contributed by atoms with Crippen LogP contribution in [0.2, 0.25) is 0 Å². The molecule has 0 spiro atoms. The van der Waals surface area contributed by atoms with Crippen molar-refractivity contribution in [3.05, 3.63) is 65.5 Å². The molecule has 1 atom stereocenters. The van der Waals surface area contributed by atoms with Gasteiger partial charge in [0.1, 0.15) is 5.75 Å². The molecule has 0 saturated heterocycles. The molecule has 2 aromatic carbocycles. The molecule has 1 N–H and O–H groups in total. The number of rotatable bonds is 9. The van der Waals surface area contributed by atoms with Crippen molar-refractivity contribution < 1.29 is 22.7 Å². The molecule has 0 aliphatic heterocycles. The molecule has 182 valence electrons. The fraction of sp³-hybridized carbons (Fsp3) is 0.375. The Balaban J connectivity index is 1.62. The number of ether oxygens (including phenoxy) is 1. The minimum absolute atomic E-state index is 0.0275. The first-order chi connectivity index (χ1) is 16.1. The van der Waals surface area contributed by atoms with Crippen molar-refractivity contribution in [3.8, 4) is 5.75 Å². The highest BCUT2D eigenvalue weighted by Crippen LogP contribution is 2.31. The smallest absolute Gasteiger partial charge is 0.416 e. The molecule has 6 nitrogen and oxygen atoms in total. The van der Waals surface area contributed by atoms with E-state index in [-0.39, 0.29) is 17.5 Å². The molecular weight excluding hydrogens is 465 g/mol. The number of alkyl halides is 3. The van der Waals surface area contributed by atoms with Crippen LogP contribution in [0.15, 0.2) is 53.7 Å². The van der Waals surface area contributed by atoms with Crippen LogP contribution in [0.25, 0.3) is 0 Å². The Morgan fingerprint density at radius 3 is 2.44 bits per heavy atom. The van der Waals surface area contributed by atoms with Crippen LogP contribution < -0.4 is 10.1 Å². The van der Waals surface area contributed by atoms with E-state index in [1.807, 2.05) is 42.7 Å². The summed E-state index contributed by atoms with van der Waals surface area (Å²) < 4.78 is 46.5. The minimum Gasteiger partial charge on any atom is -0.483 e. The molecule has 0 bridgehead atoms. The van der Waals surface area contributed by atoms with Gasteiger partial charge in [-0.05, 0) is 55.7 Å². The maximum absolute atomic E-state index is 12.9. The van der Waals surface area contributed by atoms with E-state index < -0.39 is 17.6 Å². The molecule has 1 amide bonds. The molecule has 0 saturated carbocycles. The number of aromatic nitrogens is 3. The number of hydrogen-bond acceptors (Lipinski definition) is 5. The van der Waals surface area contributed by atoms with Gasteiger partial charge in [0, 0.05) is 12.2 Å². The molecule has 10 heteroatoms. The predicted octanol–water partition coefficient (Wildman–Crippen LogP) is 6.31. The second kappa shape index (κ2) is 10.9. The molecule has 0 radical (unpaired) electrons. The highest BCUT2D eigenvalue weighted by molar-refractivity contribution is 7.99. The van der Waals surface area contributed by atoms with E-state index in [0.29, 0.717) is 23.4 Å². The van der Waals surface area contributed by atoms with Crippen LogP contribution in [-0.2, 0) is 17.5 Å². The molecule has 3 aromatic rings. The SMILES string of the molecule is CCn1c(SCC(=O)Nc2cccc(C(F)(F)F)c2)nnc1C(C)Oc1ccc(C(C)C)cc1. The van der Waals surface area contributed by atoms with Gasteiger partial charge in [-0.15, -0.1) is 10.2 Å². The third kappa shape index (κ3) is 6.53. The van der Waals surface area contributed by atoms with Crippen LogP contribution in [-0.4, -0.2) is 26.4 Å². The van der Waals surface area contributed by atoms with Gasteiger partial charge in [0.15, 0.2) is 17.1 Å². The summed E-state index contributed by atoms with van der Waals surface area (Å²) in [6.45, 7) is 8.63. The minimum atomic E-state index is -4.47. The lowest BCUT2D eigenvalue weighted by atomic mass is 10.0. The Labute approximate surface area is 200 Å². The van der Waals surface area contributed by atoms with Gasteiger partial charge in [-0.3, -0.25) is 4.79 Å². The first-order valence-electron chi connectivity index (χ1n) is 10.9. The molecule has 0 aliphatic rings. The lowest BCUT2D eigenvalue weighted by Gasteiger charge is -2.16. The van der Waals surface area contributed by atoms with E-state index in [4.69, 9.17) is 4.74 Å². The van der Waals surface area contributed by atoms with Crippen molar-refractivity contribution in [3.63, 3.8) is 0 Å². The summed E-state index contributed by atoms with van der Waals surface area (Å²) in [4.78, 5) is 12.3. The van der Waals surface area contributed by atoms with E-state index in [1.165, 1.54) is 17.7 Å². The maximum Gasteiger partial charge on any atom is 0.416 e. The normalized spacial score (nSPS) is 12.6. The van der Waals surface area contributed by atoms with Crippen molar-refractivity contribution in [2.75, 3.05) is 11.1 Å². The summed E-state index contributed by atoms with van der Waals surface area (Å²) >= 11 is 1.16. The summed E-state index contributed by atoms with van der Waals surface area (Å²) in [6.07, 6.45) is -4.84. The van der Waals surface area contributed by atoms with Crippen LogP contribution in [0, 0.1) is 0 Å². The lowest BCUT2D eigenvalue weighted by molar-refractivity contribution is -0.137. The average molecular weight is 493 g/mol. The molecule has 0 fully saturated rings. The van der Waals surface area contributed by atoms with Crippen molar-refractivity contribution in [2.24, 2.45) is 0 Å². The lowest BCUT2D eigenvalue weighted by Crippen LogP contribution is -2.16. The van der Waals surface area contributed by atoms with Gasteiger partial charge in [0.25, 0.3) is 0 Å². The summed E-state index contributed by atoms with van der Waals surface area (Å²) in [5, 5.41) is 11.4. The number of carbonyl (C=O) groups excluding carboxylic acids is 1. The van der Waals surface area contributed by atoms with Crippen molar-refractivity contribution in [1.82, 2.24) is 14.8 Å². The first kappa shape index (κ1) is 25.6. The van der Waals surface area contributed by atoms with E-state index in [9.17, 15) is 18.0 Å². The topological polar surface area (TPSA) is 69.0 Å². The van der Waals surface area contributed by atoms with Gasteiger partial charge < -0.3 is 14.6 Å². The molecular formula is C24H27F3N4O2S. The Bertz CT molecular complexity index is 1110. The second-order valence-electron chi connectivity index (χ2n) is 7.98. The number of nitrogens with zero attached hydrogens (tertiary/aromatic N) is 3. The molecule has 0 aliphatic carbocycles. The number of carbonyl (C=O) groups is 1. The average Bonchev–Trinajstić information content (AvgIpc) is 3.21. The highest BCUT2D eigenvalue weighted by atomic mass is 32.2. The van der Waals surface area contributed by atoms with Gasteiger partial charge in [-0.2, -0.15) is 13.2 Å². The maximum atomic E-state index is 12.9. The third-order valence-corrected chi connectivity index (χ3v) is 6.06. The van der Waals surface area contributed by atoms with Crippen molar-refractivity contribution >= 4 is 23.4 Å². The monoisotopic (exact) mass is 492 g/mol. The highest BCUT2D eigenvalue weighted by Gasteiger charge is 2.30. The number of amides is 1. The number of hydrogen-bond donors (Lipinski definition) is 1. The van der Waals surface area contributed by atoms with Crippen LogP contribution in [0.4, 0.5) is 18.9 Å². The molecule has 1 aromatic heterocycles. The van der Waals surface area contributed by atoms with E-state index in [0.717, 1.165) is 29.6 Å². The summed E-state index contributed by atoms with van der Waals surface area (Å²) in [7, 11) is 0. The standard InChI is InChI=1S/C24H27F3N4O2S/c1-5-31-22(16(4)33-20-11-9-17(10-12-20)15(2)3)29-30-23(31)34-14-21(32)28-19-8-6-7-18(13-19)24(25,26)27/h6-13,15-16H,5,14H2,1-4H3,(H,28,32).